The first kappa shape index (κ1) is 14.3. The third-order valence-corrected chi connectivity index (χ3v) is 5.68. The molecule has 1 unspecified atom stereocenters. The summed E-state index contributed by atoms with van der Waals surface area (Å²) < 4.78 is 11.8. The Kier molecular flexibility index (Phi) is 3.35. The largest absolute Gasteiger partial charge is 0.392 e. The van der Waals surface area contributed by atoms with Gasteiger partial charge in [-0.05, 0) is 43.3 Å². The minimum absolute atomic E-state index is 0.0569. The molecule has 1 heterocycles. The van der Waals surface area contributed by atoms with Gasteiger partial charge in [-0.3, -0.25) is 0 Å². The van der Waals surface area contributed by atoms with Crippen LogP contribution in [0.25, 0.3) is 0 Å². The molecule has 1 atom stereocenters. The fourth-order valence-corrected chi connectivity index (χ4v) is 4.40. The molecule has 2 aliphatic carbocycles. The zero-order valence-electron chi connectivity index (χ0n) is 12.9. The maximum atomic E-state index is 9.95. The van der Waals surface area contributed by atoms with Crippen LogP contribution < -0.4 is 0 Å². The number of rotatable bonds is 1. The average molecular weight is 278 g/mol. The first-order valence-electron chi connectivity index (χ1n) is 7.70. The van der Waals surface area contributed by atoms with Crippen LogP contribution in [0.2, 0.25) is 0 Å². The number of allylic oxidation sites excluding steroid dienone is 2. The summed E-state index contributed by atoms with van der Waals surface area (Å²) in [6.45, 7) is 8.21. The van der Waals surface area contributed by atoms with Gasteiger partial charge >= 0.3 is 0 Å². The van der Waals surface area contributed by atoms with Gasteiger partial charge in [-0.2, -0.15) is 0 Å². The highest BCUT2D eigenvalue weighted by atomic mass is 16.7. The highest BCUT2D eigenvalue weighted by molar-refractivity contribution is 5.31. The number of aliphatic hydroxyl groups is 1. The lowest BCUT2D eigenvalue weighted by Crippen LogP contribution is -2.51. The topological polar surface area (TPSA) is 38.7 Å². The molecule has 0 aromatic heterocycles. The van der Waals surface area contributed by atoms with Crippen LogP contribution in [0.4, 0.5) is 0 Å². The Hall–Kier alpha value is -0.640. The molecule has 1 N–H and O–H groups in total. The fourth-order valence-electron chi connectivity index (χ4n) is 4.40. The van der Waals surface area contributed by atoms with Crippen LogP contribution in [0.5, 0.6) is 0 Å². The van der Waals surface area contributed by atoms with E-state index in [1.54, 1.807) is 0 Å². The Bertz CT molecular complexity index is 455. The summed E-state index contributed by atoms with van der Waals surface area (Å²) in [6, 6.07) is 0. The van der Waals surface area contributed by atoms with E-state index in [9.17, 15) is 5.11 Å². The molecular formula is C17H26O3. The molecule has 20 heavy (non-hydrogen) atoms. The van der Waals surface area contributed by atoms with E-state index in [1.807, 2.05) is 0 Å². The SMILES string of the molecule is CC1=CCC2(CC1)C(CO)=CC1(CC2(C)C)OCCO1. The Morgan fingerprint density at radius 3 is 2.50 bits per heavy atom. The lowest BCUT2D eigenvalue weighted by atomic mass is 9.51. The Labute approximate surface area is 121 Å². The zero-order valence-corrected chi connectivity index (χ0v) is 12.9. The van der Waals surface area contributed by atoms with Crippen molar-refractivity contribution in [1.82, 2.24) is 0 Å². The van der Waals surface area contributed by atoms with Crippen LogP contribution >= 0.6 is 0 Å². The normalized spacial score (nSPS) is 35.2. The van der Waals surface area contributed by atoms with E-state index in [4.69, 9.17) is 9.47 Å². The maximum absolute atomic E-state index is 9.95. The molecule has 0 bridgehead atoms. The molecule has 3 heteroatoms. The first-order chi connectivity index (χ1) is 9.43. The zero-order chi connectivity index (χ0) is 14.4. The summed E-state index contributed by atoms with van der Waals surface area (Å²) in [4.78, 5) is 0. The van der Waals surface area contributed by atoms with Gasteiger partial charge in [-0.15, -0.1) is 0 Å². The maximum Gasteiger partial charge on any atom is 0.188 e. The van der Waals surface area contributed by atoms with E-state index in [2.05, 4.69) is 32.9 Å². The van der Waals surface area contributed by atoms with Crippen molar-refractivity contribution in [2.75, 3.05) is 19.8 Å². The van der Waals surface area contributed by atoms with Crippen molar-refractivity contribution in [3.63, 3.8) is 0 Å². The van der Waals surface area contributed by atoms with Crippen LogP contribution in [0.3, 0.4) is 0 Å². The molecule has 0 saturated carbocycles. The second kappa shape index (κ2) is 4.69. The third kappa shape index (κ3) is 1.99. The molecule has 3 rings (SSSR count). The summed E-state index contributed by atoms with van der Waals surface area (Å²) in [5.74, 6) is -0.594. The Morgan fingerprint density at radius 2 is 1.95 bits per heavy atom. The van der Waals surface area contributed by atoms with Crippen LogP contribution in [-0.2, 0) is 9.47 Å². The molecule has 0 aromatic rings. The molecule has 0 amide bonds. The van der Waals surface area contributed by atoms with Gasteiger partial charge in [-0.25, -0.2) is 0 Å². The van der Waals surface area contributed by atoms with Gasteiger partial charge in [0.25, 0.3) is 0 Å². The predicted octanol–water partition coefficient (Wildman–Crippen LogP) is 3.19. The van der Waals surface area contributed by atoms with Crippen LogP contribution in [-0.4, -0.2) is 30.7 Å². The van der Waals surface area contributed by atoms with E-state index in [0.717, 1.165) is 31.3 Å². The smallest absolute Gasteiger partial charge is 0.188 e. The lowest BCUT2D eigenvalue weighted by molar-refractivity contribution is -0.166. The van der Waals surface area contributed by atoms with Crippen LogP contribution in [0, 0.1) is 10.8 Å². The first-order valence-corrected chi connectivity index (χ1v) is 7.70. The van der Waals surface area contributed by atoms with Gasteiger partial charge in [0.05, 0.1) is 19.8 Å². The van der Waals surface area contributed by atoms with Crippen LogP contribution in [0.15, 0.2) is 23.3 Å². The molecule has 3 nitrogen and oxygen atoms in total. The molecule has 2 spiro atoms. The third-order valence-electron chi connectivity index (χ3n) is 5.68. The average Bonchev–Trinajstić information content (AvgIpc) is 2.84. The van der Waals surface area contributed by atoms with Crippen molar-refractivity contribution in [3.8, 4) is 0 Å². The van der Waals surface area contributed by atoms with E-state index < -0.39 is 5.79 Å². The van der Waals surface area contributed by atoms with Crippen molar-refractivity contribution < 1.29 is 14.6 Å². The molecule has 0 aromatic carbocycles. The van der Waals surface area contributed by atoms with E-state index >= 15 is 0 Å². The molecule has 1 saturated heterocycles. The lowest BCUT2D eigenvalue weighted by Gasteiger charge is -2.55. The van der Waals surface area contributed by atoms with Gasteiger partial charge < -0.3 is 14.6 Å². The van der Waals surface area contributed by atoms with E-state index in [-0.39, 0.29) is 17.4 Å². The van der Waals surface area contributed by atoms with Gasteiger partial charge in [0.15, 0.2) is 5.79 Å². The van der Waals surface area contributed by atoms with Gasteiger partial charge in [0.2, 0.25) is 0 Å². The van der Waals surface area contributed by atoms with Crippen molar-refractivity contribution in [1.29, 1.82) is 0 Å². The number of ether oxygens (including phenoxy) is 2. The van der Waals surface area contributed by atoms with Crippen molar-refractivity contribution in [2.24, 2.45) is 10.8 Å². The van der Waals surface area contributed by atoms with E-state index in [1.165, 1.54) is 5.57 Å². The van der Waals surface area contributed by atoms with Crippen LogP contribution in [0.1, 0.15) is 46.5 Å². The fraction of sp³-hybridized carbons (Fsp3) is 0.765. The Morgan fingerprint density at radius 1 is 1.25 bits per heavy atom. The minimum Gasteiger partial charge on any atom is -0.392 e. The summed E-state index contributed by atoms with van der Waals surface area (Å²) >= 11 is 0. The minimum atomic E-state index is -0.594. The highest BCUT2D eigenvalue weighted by Crippen LogP contribution is 2.60. The summed E-state index contributed by atoms with van der Waals surface area (Å²) in [7, 11) is 0. The monoisotopic (exact) mass is 278 g/mol. The summed E-state index contributed by atoms with van der Waals surface area (Å²) in [6.07, 6.45) is 8.56. The van der Waals surface area contributed by atoms with Gasteiger partial charge in [0, 0.05) is 11.8 Å². The highest BCUT2D eigenvalue weighted by Gasteiger charge is 2.56. The standard InChI is InChI=1S/C17H26O3/c1-13-4-6-16(7-5-13)14(11-18)10-17(12-15(16,2)3)19-8-9-20-17/h4,10,18H,5-9,11-12H2,1-3H3. The molecule has 0 radical (unpaired) electrons. The molecule has 3 aliphatic rings. The molecule has 1 fully saturated rings. The second-order valence-electron chi connectivity index (χ2n) is 7.23. The predicted molar refractivity (Wildman–Crippen MR) is 78.2 cm³/mol. The molecular weight excluding hydrogens is 252 g/mol. The van der Waals surface area contributed by atoms with Crippen molar-refractivity contribution in [3.05, 3.63) is 23.3 Å². The number of aliphatic hydroxyl groups excluding tert-OH is 1. The number of hydrogen-bond donors (Lipinski definition) is 1. The quantitative estimate of drug-likeness (QED) is 0.749. The van der Waals surface area contributed by atoms with E-state index in [0.29, 0.717) is 13.2 Å². The molecule has 112 valence electrons. The number of hydrogen-bond acceptors (Lipinski definition) is 3. The van der Waals surface area contributed by atoms with Crippen molar-refractivity contribution in [2.45, 2.75) is 52.2 Å². The second-order valence-corrected chi connectivity index (χ2v) is 7.23. The van der Waals surface area contributed by atoms with Gasteiger partial charge in [-0.1, -0.05) is 25.5 Å². The molecule has 1 aliphatic heterocycles. The van der Waals surface area contributed by atoms with Gasteiger partial charge in [0.1, 0.15) is 0 Å². The van der Waals surface area contributed by atoms with Crippen molar-refractivity contribution >= 4 is 0 Å². The summed E-state index contributed by atoms with van der Waals surface area (Å²) in [5.41, 5.74) is 2.69. The Balaban J connectivity index is 2.05. The summed E-state index contributed by atoms with van der Waals surface area (Å²) in [5, 5.41) is 9.95.